The summed E-state index contributed by atoms with van der Waals surface area (Å²) in [7, 11) is 0. The van der Waals surface area contributed by atoms with Gasteiger partial charge in [0.05, 0.1) is 0 Å². The van der Waals surface area contributed by atoms with Gasteiger partial charge in [-0.15, -0.1) is 0 Å². The van der Waals surface area contributed by atoms with Crippen molar-refractivity contribution >= 4 is 17.6 Å². The van der Waals surface area contributed by atoms with Crippen molar-refractivity contribution < 1.29 is 18.4 Å². The molecule has 0 saturated carbocycles. The standard InChI is InChI=1S/C13H12F2N2O2/c14-8-4-3-5-9(15)11(8)17-12(18)10-6-1-2-7-16(10)13(17)19/h3-5,10H,1-2,6-7H2. The molecule has 0 bridgehead atoms. The quantitative estimate of drug-likeness (QED) is 0.732. The Hall–Kier alpha value is -1.98. The Morgan fingerprint density at radius 1 is 1.11 bits per heavy atom. The lowest BCUT2D eigenvalue weighted by Gasteiger charge is -2.25. The summed E-state index contributed by atoms with van der Waals surface area (Å²) in [6, 6.07) is 2.08. The molecular formula is C13H12F2N2O2. The summed E-state index contributed by atoms with van der Waals surface area (Å²) in [5.74, 6) is -2.34. The predicted octanol–water partition coefficient (Wildman–Crippen LogP) is 2.29. The molecule has 100 valence electrons. The number of carbonyl (C=O) groups excluding carboxylic acids is 2. The zero-order valence-electron chi connectivity index (χ0n) is 10.1. The summed E-state index contributed by atoms with van der Waals surface area (Å²) >= 11 is 0. The first-order valence-corrected chi connectivity index (χ1v) is 6.20. The van der Waals surface area contributed by atoms with E-state index in [0.29, 0.717) is 17.9 Å². The maximum absolute atomic E-state index is 13.7. The molecule has 0 radical (unpaired) electrons. The monoisotopic (exact) mass is 266 g/mol. The van der Waals surface area contributed by atoms with Crippen LogP contribution in [-0.2, 0) is 4.79 Å². The lowest BCUT2D eigenvalue weighted by molar-refractivity contribution is -0.120. The molecule has 2 fully saturated rings. The van der Waals surface area contributed by atoms with Gasteiger partial charge in [0.15, 0.2) is 0 Å². The molecule has 2 aliphatic rings. The second-order valence-corrected chi connectivity index (χ2v) is 4.73. The number of para-hydroxylation sites is 1. The molecular weight excluding hydrogens is 254 g/mol. The van der Waals surface area contributed by atoms with Gasteiger partial charge in [-0.25, -0.2) is 18.5 Å². The first kappa shape index (κ1) is 12.1. The number of fused-ring (bicyclic) bond motifs is 1. The van der Waals surface area contributed by atoms with E-state index in [0.717, 1.165) is 25.0 Å². The van der Waals surface area contributed by atoms with Crippen LogP contribution in [0.4, 0.5) is 19.3 Å². The number of anilines is 1. The van der Waals surface area contributed by atoms with E-state index >= 15 is 0 Å². The molecule has 19 heavy (non-hydrogen) atoms. The zero-order valence-corrected chi connectivity index (χ0v) is 10.1. The van der Waals surface area contributed by atoms with Crippen LogP contribution >= 0.6 is 0 Å². The highest BCUT2D eigenvalue weighted by Gasteiger charge is 2.48. The van der Waals surface area contributed by atoms with Crippen LogP contribution in [0.2, 0.25) is 0 Å². The van der Waals surface area contributed by atoms with E-state index in [1.54, 1.807) is 0 Å². The number of nitrogens with zero attached hydrogens (tertiary/aromatic N) is 2. The summed E-state index contributed by atoms with van der Waals surface area (Å²) in [5, 5.41) is 0. The molecule has 3 amide bonds. The molecule has 2 aliphatic heterocycles. The van der Waals surface area contributed by atoms with Gasteiger partial charge in [-0.05, 0) is 31.4 Å². The molecule has 4 nitrogen and oxygen atoms in total. The van der Waals surface area contributed by atoms with Crippen LogP contribution in [-0.4, -0.2) is 29.4 Å². The fourth-order valence-electron chi connectivity index (χ4n) is 2.70. The largest absolute Gasteiger partial charge is 0.332 e. The topological polar surface area (TPSA) is 40.6 Å². The van der Waals surface area contributed by atoms with Crippen molar-refractivity contribution in [3.05, 3.63) is 29.8 Å². The Morgan fingerprint density at radius 2 is 1.79 bits per heavy atom. The number of carbonyl (C=O) groups is 2. The van der Waals surface area contributed by atoms with E-state index in [4.69, 9.17) is 0 Å². The first-order valence-electron chi connectivity index (χ1n) is 6.20. The molecule has 1 atom stereocenters. The number of imide groups is 1. The third-order valence-corrected chi connectivity index (χ3v) is 3.61. The average Bonchev–Trinajstić information content (AvgIpc) is 2.64. The normalized spacial score (nSPS) is 22.9. The molecule has 1 aromatic rings. The summed E-state index contributed by atoms with van der Waals surface area (Å²) in [4.78, 5) is 26.4. The highest BCUT2D eigenvalue weighted by Crippen LogP contribution is 2.33. The van der Waals surface area contributed by atoms with E-state index in [1.165, 1.54) is 11.0 Å². The molecule has 1 unspecified atom stereocenters. The third kappa shape index (κ3) is 1.70. The second kappa shape index (κ2) is 4.29. The van der Waals surface area contributed by atoms with E-state index in [9.17, 15) is 18.4 Å². The van der Waals surface area contributed by atoms with Crippen LogP contribution in [0.3, 0.4) is 0 Å². The number of hydrogen-bond acceptors (Lipinski definition) is 2. The van der Waals surface area contributed by atoms with Crippen LogP contribution < -0.4 is 4.90 Å². The number of urea groups is 1. The third-order valence-electron chi connectivity index (χ3n) is 3.61. The van der Waals surface area contributed by atoms with Crippen LogP contribution in [0.1, 0.15) is 19.3 Å². The second-order valence-electron chi connectivity index (χ2n) is 4.73. The van der Waals surface area contributed by atoms with Gasteiger partial charge in [0.2, 0.25) is 0 Å². The van der Waals surface area contributed by atoms with Gasteiger partial charge in [-0.2, -0.15) is 0 Å². The lowest BCUT2D eigenvalue weighted by Crippen LogP contribution is -2.39. The molecule has 6 heteroatoms. The van der Waals surface area contributed by atoms with Gasteiger partial charge in [0, 0.05) is 6.54 Å². The van der Waals surface area contributed by atoms with Crippen LogP contribution in [0.15, 0.2) is 18.2 Å². The van der Waals surface area contributed by atoms with E-state index in [1.807, 2.05) is 0 Å². The fraction of sp³-hybridized carbons (Fsp3) is 0.385. The minimum Gasteiger partial charge on any atom is -0.312 e. The Balaban J connectivity index is 2.06. The van der Waals surface area contributed by atoms with E-state index < -0.39 is 35.3 Å². The Kier molecular flexibility index (Phi) is 2.73. The Morgan fingerprint density at radius 3 is 2.42 bits per heavy atom. The van der Waals surface area contributed by atoms with Crippen LogP contribution in [0.25, 0.3) is 0 Å². The molecule has 3 rings (SSSR count). The van der Waals surface area contributed by atoms with Crippen molar-refractivity contribution in [2.45, 2.75) is 25.3 Å². The van der Waals surface area contributed by atoms with Crippen molar-refractivity contribution in [1.82, 2.24) is 4.90 Å². The molecule has 0 spiro atoms. The van der Waals surface area contributed by atoms with Crippen molar-refractivity contribution in [1.29, 1.82) is 0 Å². The van der Waals surface area contributed by atoms with Gasteiger partial charge in [0.1, 0.15) is 23.4 Å². The summed E-state index contributed by atoms with van der Waals surface area (Å²) in [6.45, 7) is 0.460. The highest BCUT2D eigenvalue weighted by molar-refractivity contribution is 6.21. The zero-order chi connectivity index (χ0) is 13.6. The fourth-order valence-corrected chi connectivity index (χ4v) is 2.70. The van der Waals surface area contributed by atoms with Gasteiger partial charge in [-0.1, -0.05) is 6.07 Å². The van der Waals surface area contributed by atoms with Crippen molar-refractivity contribution in [3.8, 4) is 0 Å². The maximum atomic E-state index is 13.7. The van der Waals surface area contributed by atoms with Crippen molar-refractivity contribution in [3.63, 3.8) is 0 Å². The lowest BCUT2D eigenvalue weighted by atomic mass is 10.0. The SMILES string of the molecule is O=C1C2CCCCN2C(=O)N1c1c(F)cccc1F. The average molecular weight is 266 g/mol. The maximum Gasteiger partial charge on any atom is 0.332 e. The van der Waals surface area contributed by atoms with E-state index in [2.05, 4.69) is 0 Å². The molecule has 1 aromatic carbocycles. The number of rotatable bonds is 1. The smallest absolute Gasteiger partial charge is 0.312 e. The Bertz CT molecular complexity index is 517. The number of benzene rings is 1. The molecule has 0 aliphatic carbocycles. The molecule has 2 saturated heterocycles. The number of amides is 3. The Labute approximate surface area is 108 Å². The van der Waals surface area contributed by atoms with Crippen molar-refractivity contribution in [2.75, 3.05) is 11.4 Å². The number of halogens is 2. The van der Waals surface area contributed by atoms with E-state index in [-0.39, 0.29) is 0 Å². The number of hydrogen-bond donors (Lipinski definition) is 0. The summed E-state index contributed by atoms with van der Waals surface area (Å²) in [5.41, 5.74) is -0.563. The number of piperidine rings is 1. The molecule has 2 heterocycles. The van der Waals surface area contributed by atoms with Gasteiger partial charge in [0.25, 0.3) is 5.91 Å². The van der Waals surface area contributed by atoms with Gasteiger partial charge >= 0.3 is 6.03 Å². The van der Waals surface area contributed by atoms with Gasteiger partial charge < -0.3 is 4.90 Å². The predicted molar refractivity (Wildman–Crippen MR) is 63.6 cm³/mol. The van der Waals surface area contributed by atoms with Crippen LogP contribution in [0.5, 0.6) is 0 Å². The summed E-state index contributed by atoms with van der Waals surface area (Å²) < 4.78 is 27.4. The molecule has 0 N–H and O–H groups in total. The highest BCUT2D eigenvalue weighted by atomic mass is 19.1. The van der Waals surface area contributed by atoms with Crippen LogP contribution in [0, 0.1) is 11.6 Å². The molecule has 0 aromatic heterocycles. The van der Waals surface area contributed by atoms with Crippen molar-refractivity contribution in [2.24, 2.45) is 0 Å². The van der Waals surface area contributed by atoms with Gasteiger partial charge in [-0.3, -0.25) is 4.79 Å². The minimum atomic E-state index is -0.901. The minimum absolute atomic E-state index is 0.460. The summed E-state index contributed by atoms with van der Waals surface area (Å²) in [6.07, 6.45) is 2.20. The first-order chi connectivity index (χ1) is 9.11.